The Balaban J connectivity index is 1.16. The van der Waals surface area contributed by atoms with Gasteiger partial charge in [0.05, 0.1) is 25.1 Å². The van der Waals surface area contributed by atoms with Gasteiger partial charge in [0.2, 0.25) is 5.78 Å². The van der Waals surface area contributed by atoms with E-state index in [-0.39, 0.29) is 28.8 Å². The molecule has 5 heterocycles. The van der Waals surface area contributed by atoms with Crippen LogP contribution >= 0.6 is 15.6 Å². The number of aliphatic hydroxyl groups excluding tert-OH is 4. The van der Waals surface area contributed by atoms with Gasteiger partial charge in [-0.3, -0.25) is 23.2 Å². The summed E-state index contributed by atoms with van der Waals surface area (Å²) in [7, 11) is -10.8. The van der Waals surface area contributed by atoms with E-state index in [0.717, 1.165) is 6.33 Å². The molecule has 244 valence electrons. The van der Waals surface area contributed by atoms with Gasteiger partial charge < -0.3 is 45.4 Å². The minimum absolute atomic E-state index is 0.0417. The van der Waals surface area contributed by atoms with E-state index in [0.29, 0.717) is 0 Å². The van der Waals surface area contributed by atoms with Crippen LogP contribution in [0.25, 0.3) is 11.2 Å². The Labute approximate surface area is 251 Å². The first-order valence-corrected chi connectivity index (χ1v) is 15.8. The van der Waals surface area contributed by atoms with Crippen molar-refractivity contribution in [1.82, 2.24) is 19.5 Å². The molecule has 3 aromatic rings. The fourth-order valence-corrected chi connectivity index (χ4v) is 6.73. The summed E-state index contributed by atoms with van der Waals surface area (Å²) in [6.45, 7) is -1.84. The maximum absolute atomic E-state index is 12.4. The average molecular weight is 677 g/mol. The molecule has 3 aromatic heterocycles. The topological polar surface area (TPSA) is 309 Å². The molecule has 0 radical (unpaired) electrons. The van der Waals surface area contributed by atoms with E-state index in [4.69, 9.17) is 19.7 Å². The van der Waals surface area contributed by atoms with E-state index in [2.05, 4.69) is 23.8 Å². The number of aromatic nitrogens is 5. The quantitative estimate of drug-likeness (QED) is 0.0336. The van der Waals surface area contributed by atoms with E-state index >= 15 is 0 Å². The standard InChI is InChI=1S/C22H26N6O15P2/c23-19-14-20(25-8-24-19)28(9-26-14)22-18(34)16(32)13(42-22)7-40-45(37,38)43-44(35,36)39-6-12-15(31)17(33)21(41-12)27-3-1-2-10(4-27)11(30)5-29/h1-5,8-9,12-13,15-18,21-22,31-34H,6-7H2,(H3-,23,24,25,35,36,37,38)/p+1/t12-,13-,15-,16-,17-,18-,21-,22-/m1/s1. The molecule has 2 saturated heterocycles. The minimum Gasteiger partial charge on any atom is -0.387 e. The van der Waals surface area contributed by atoms with Gasteiger partial charge in [-0.05, 0) is 6.07 Å². The summed E-state index contributed by atoms with van der Waals surface area (Å²) in [4.78, 5) is 54.3. The number of nitrogens with two attached hydrogens (primary N) is 1. The summed E-state index contributed by atoms with van der Waals surface area (Å²) in [6, 6.07) is 2.70. The van der Waals surface area contributed by atoms with Gasteiger partial charge in [-0.1, -0.05) is 0 Å². The molecule has 0 spiro atoms. The highest BCUT2D eigenvalue weighted by Gasteiger charge is 2.50. The number of hydrogen-bond acceptors (Lipinski definition) is 17. The Kier molecular flexibility index (Phi) is 9.55. The average Bonchev–Trinajstić information content (AvgIpc) is 3.64. The van der Waals surface area contributed by atoms with E-state index in [1.807, 2.05) is 0 Å². The van der Waals surface area contributed by atoms with Crippen LogP contribution in [0, 0.1) is 0 Å². The molecule has 5 rings (SSSR count). The fourth-order valence-electron chi connectivity index (χ4n) is 4.64. The highest BCUT2D eigenvalue weighted by atomic mass is 31.3. The van der Waals surface area contributed by atoms with Crippen LogP contribution in [0.4, 0.5) is 5.82 Å². The molecule has 2 unspecified atom stereocenters. The van der Waals surface area contributed by atoms with Crippen LogP contribution in [0.3, 0.4) is 0 Å². The van der Waals surface area contributed by atoms with Gasteiger partial charge in [-0.25, -0.2) is 24.1 Å². The number of Topliss-reactive ketones (excluding diaryl/α,β-unsaturated/α-hetero) is 1. The highest BCUT2D eigenvalue weighted by Crippen LogP contribution is 2.60. The van der Waals surface area contributed by atoms with Crippen molar-refractivity contribution in [2.24, 2.45) is 0 Å². The number of ether oxygens (including phenoxy) is 2. The molecule has 0 bridgehead atoms. The molecule has 0 saturated carbocycles. The lowest BCUT2D eigenvalue weighted by atomic mass is 10.1. The van der Waals surface area contributed by atoms with Crippen molar-refractivity contribution >= 4 is 44.7 Å². The first-order valence-electron chi connectivity index (χ1n) is 12.8. The number of imidazole rings is 1. The number of carbonyl (C=O) groups is 2. The third-order valence-corrected chi connectivity index (χ3v) is 9.46. The van der Waals surface area contributed by atoms with E-state index in [9.17, 15) is 48.9 Å². The maximum atomic E-state index is 12.4. The predicted octanol–water partition coefficient (Wildman–Crippen LogP) is -2.73. The minimum atomic E-state index is -5.39. The predicted molar refractivity (Wildman–Crippen MR) is 141 cm³/mol. The lowest BCUT2D eigenvalue weighted by molar-refractivity contribution is -0.765. The lowest BCUT2D eigenvalue weighted by Crippen LogP contribution is -2.46. The summed E-state index contributed by atoms with van der Waals surface area (Å²) in [5, 5.41) is 41.7. The van der Waals surface area contributed by atoms with Crippen molar-refractivity contribution in [2.45, 2.75) is 49.1 Å². The third kappa shape index (κ3) is 7.00. The van der Waals surface area contributed by atoms with Crippen LogP contribution in [0.5, 0.6) is 0 Å². The van der Waals surface area contributed by atoms with Gasteiger partial charge in [0.1, 0.15) is 42.4 Å². The van der Waals surface area contributed by atoms with Gasteiger partial charge in [-0.15, -0.1) is 0 Å². The number of rotatable bonds is 12. The maximum Gasteiger partial charge on any atom is 0.481 e. The Bertz CT molecular complexity index is 1680. The number of ketones is 1. The van der Waals surface area contributed by atoms with Crippen molar-refractivity contribution in [3.05, 3.63) is 42.7 Å². The summed E-state index contributed by atoms with van der Waals surface area (Å²) >= 11 is 0. The Morgan fingerprint density at radius 1 is 1.00 bits per heavy atom. The first kappa shape index (κ1) is 33.2. The molecular weight excluding hydrogens is 650 g/mol. The zero-order valence-corrected chi connectivity index (χ0v) is 24.4. The second-order valence-corrected chi connectivity index (χ2v) is 12.9. The number of fused-ring (bicyclic) bond motifs is 1. The largest absolute Gasteiger partial charge is 0.481 e. The molecule has 0 aliphatic carbocycles. The number of aliphatic hydroxyl groups is 4. The summed E-state index contributed by atoms with van der Waals surface area (Å²) < 4.78 is 51.9. The molecule has 2 aliphatic rings. The van der Waals surface area contributed by atoms with Gasteiger partial charge in [0.25, 0.3) is 6.23 Å². The number of aldehydes is 1. The number of phosphoric acid groups is 2. The molecule has 0 aromatic carbocycles. The molecule has 2 fully saturated rings. The second kappa shape index (κ2) is 12.9. The Morgan fingerprint density at radius 2 is 1.64 bits per heavy atom. The molecule has 8 N–H and O–H groups in total. The molecule has 23 heteroatoms. The van der Waals surface area contributed by atoms with Crippen molar-refractivity contribution in [1.29, 1.82) is 0 Å². The first-order chi connectivity index (χ1) is 21.2. The smallest absolute Gasteiger partial charge is 0.387 e. The number of carbonyl (C=O) groups excluding carboxylic acids is 2. The van der Waals surface area contributed by atoms with Crippen molar-refractivity contribution in [3.63, 3.8) is 0 Å². The lowest BCUT2D eigenvalue weighted by Gasteiger charge is -2.20. The van der Waals surface area contributed by atoms with E-state index in [1.165, 1.54) is 40.0 Å². The summed E-state index contributed by atoms with van der Waals surface area (Å²) in [6.07, 6.45) is -7.12. The number of phosphoric ester groups is 2. The summed E-state index contributed by atoms with van der Waals surface area (Å²) in [5.41, 5.74) is 6.05. The van der Waals surface area contributed by atoms with Gasteiger partial charge in [0, 0.05) is 6.07 Å². The SMILES string of the molecule is Nc1ncnc2c1ncn2[C@@H]1O[C@H](COP(=O)(O)OP(=O)(O)OC[C@H]2O[C@@H]([n+]3cccc(C(=O)C=O)c3)[C@H](O)[C@@H]2O)[C@@H](O)[C@H]1O. The zero-order valence-electron chi connectivity index (χ0n) is 22.6. The van der Waals surface area contributed by atoms with Crippen LogP contribution in [-0.4, -0.2) is 112 Å². The molecule has 0 amide bonds. The monoisotopic (exact) mass is 677 g/mol. The number of pyridine rings is 1. The van der Waals surface area contributed by atoms with Crippen LogP contribution in [0.15, 0.2) is 37.2 Å². The van der Waals surface area contributed by atoms with Crippen LogP contribution < -0.4 is 10.3 Å². The normalized spacial score (nSPS) is 31.1. The van der Waals surface area contributed by atoms with Crippen molar-refractivity contribution in [2.75, 3.05) is 18.9 Å². The summed E-state index contributed by atoms with van der Waals surface area (Å²) in [5.74, 6) is -0.813. The zero-order chi connectivity index (χ0) is 32.7. The fraction of sp³-hybridized carbons (Fsp3) is 0.455. The highest BCUT2D eigenvalue weighted by molar-refractivity contribution is 7.61. The number of nitrogens with zero attached hydrogens (tertiary/aromatic N) is 5. The molecule has 10 atom stereocenters. The number of anilines is 1. The number of hydrogen-bond donors (Lipinski definition) is 7. The Hall–Kier alpha value is -3.14. The molecular formula is C22H27N6O15P2+. The molecule has 2 aliphatic heterocycles. The van der Waals surface area contributed by atoms with Gasteiger partial charge in [-0.2, -0.15) is 8.88 Å². The molecule has 21 nitrogen and oxygen atoms in total. The van der Waals surface area contributed by atoms with Crippen LogP contribution in [0.2, 0.25) is 0 Å². The van der Waals surface area contributed by atoms with Gasteiger partial charge in [0.15, 0.2) is 42.5 Å². The van der Waals surface area contributed by atoms with Gasteiger partial charge >= 0.3 is 15.6 Å². The van der Waals surface area contributed by atoms with E-state index in [1.54, 1.807) is 0 Å². The van der Waals surface area contributed by atoms with Crippen LogP contribution in [0.1, 0.15) is 22.8 Å². The third-order valence-electron chi connectivity index (χ3n) is 6.85. The van der Waals surface area contributed by atoms with Crippen molar-refractivity contribution in [3.8, 4) is 0 Å². The van der Waals surface area contributed by atoms with E-state index < -0.39 is 83.7 Å². The van der Waals surface area contributed by atoms with Crippen molar-refractivity contribution < 1.29 is 76.3 Å². The second-order valence-electron chi connectivity index (χ2n) is 9.81. The number of nitrogen functional groups attached to an aromatic ring is 1. The Morgan fingerprint density at radius 3 is 2.31 bits per heavy atom. The molecule has 45 heavy (non-hydrogen) atoms. The van der Waals surface area contributed by atoms with Crippen LogP contribution in [-0.2, 0) is 36.8 Å².